The number of rotatable bonds is 5. The third-order valence-electron chi connectivity index (χ3n) is 4.27. The van der Waals surface area contributed by atoms with Gasteiger partial charge in [0.25, 0.3) is 0 Å². The molecule has 8 heteroatoms. The number of benzene rings is 1. The number of nitrogens with zero attached hydrogens (tertiary/aromatic N) is 2. The maximum Gasteiger partial charge on any atom is 0.410 e. The van der Waals surface area contributed by atoms with Crippen LogP contribution in [-0.2, 0) is 11.2 Å². The highest BCUT2D eigenvalue weighted by atomic mass is 19.1. The minimum Gasteiger partial charge on any atom is -0.444 e. The minimum absolute atomic E-state index is 0.00931. The number of aliphatic hydroxyl groups excluding tert-OH is 1. The fourth-order valence-electron chi connectivity index (χ4n) is 3.10. The number of carbonyl (C=O) groups excluding carboxylic acids is 1. The summed E-state index contributed by atoms with van der Waals surface area (Å²) in [5, 5.41) is 22.1. The third-order valence-corrected chi connectivity index (χ3v) is 4.27. The summed E-state index contributed by atoms with van der Waals surface area (Å²) in [5.41, 5.74) is -0.0973. The zero-order chi connectivity index (χ0) is 19.5. The molecule has 1 heterocycles. The molecule has 1 saturated heterocycles. The number of carbonyl (C=O) groups is 1. The normalized spacial score (nSPS) is 22.7. The molecule has 1 fully saturated rings. The van der Waals surface area contributed by atoms with E-state index in [1.54, 1.807) is 51.1 Å². The van der Waals surface area contributed by atoms with Gasteiger partial charge in [-0.15, -0.1) is 0 Å². The molecule has 0 unspecified atom stereocenters. The molecule has 2 rings (SSSR count). The topological polar surface area (TPSA) is 92.9 Å². The number of amides is 1. The highest BCUT2D eigenvalue weighted by Gasteiger charge is 2.47. The van der Waals surface area contributed by atoms with Gasteiger partial charge in [-0.2, -0.15) is 0 Å². The van der Waals surface area contributed by atoms with Gasteiger partial charge in [-0.3, -0.25) is 15.0 Å². The standard InChI is InChI=1S/C18H25FN2O5/c1-18(2,3)26-17(23)20-11-13(19)10-14(20)16(22)15(21(24)25)9-12-7-5-4-6-8-12/h4-8,13-16,22H,9-11H2,1-3H3/t13-,14+,15-,16+/m0/s1. The van der Waals surface area contributed by atoms with Crippen molar-refractivity contribution in [2.24, 2.45) is 0 Å². The summed E-state index contributed by atoms with van der Waals surface area (Å²) >= 11 is 0. The van der Waals surface area contributed by atoms with E-state index in [1.807, 2.05) is 0 Å². The average Bonchev–Trinajstić information content (AvgIpc) is 2.93. The van der Waals surface area contributed by atoms with Crippen LogP contribution < -0.4 is 0 Å². The van der Waals surface area contributed by atoms with Crippen LogP contribution in [0.15, 0.2) is 30.3 Å². The number of hydrogen-bond acceptors (Lipinski definition) is 5. The van der Waals surface area contributed by atoms with Crippen LogP contribution in [0.2, 0.25) is 0 Å². The number of nitro groups is 1. The Morgan fingerprint density at radius 1 is 1.42 bits per heavy atom. The Morgan fingerprint density at radius 3 is 2.58 bits per heavy atom. The van der Waals surface area contributed by atoms with Crippen LogP contribution in [0, 0.1) is 10.1 Å². The summed E-state index contributed by atoms with van der Waals surface area (Å²) in [6.07, 6.45) is -3.79. The van der Waals surface area contributed by atoms with E-state index in [0.29, 0.717) is 5.56 Å². The lowest BCUT2D eigenvalue weighted by Crippen LogP contribution is -2.51. The summed E-state index contributed by atoms with van der Waals surface area (Å²) in [6.45, 7) is 4.78. The van der Waals surface area contributed by atoms with Crippen molar-refractivity contribution in [3.05, 3.63) is 46.0 Å². The van der Waals surface area contributed by atoms with Gasteiger partial charge in [0.2, 0.25) is 6.04 Å². The van der Waals surface area contributed by atoms with Gasteiger partial charge in [0.15, 0.2) is 0 Å². The average molecular weight is 368 g/mol. The first kappa shape index (κ1) is 20.1. The van der Waals surface area contributed by atoms with Gasteiger partial charge < -0.3 is 9.84 Å². The Morgan fingerprint density at radius 2 is 2.04 bits per heavy atom. The lowest BCUT2D eigenvalue weighted by atomic mass is 9.95. The number of likely N-dealkylation sites (tertiary alicyclic amines) is 1. The fourth-order valence-corrected chi connectivity index (χ4v) is 3.10. The molecule has 1 N–H and O–H groups in total. The van der Waals surface area contributed by atoms with Crippen molar-refractivity contribution in [2.45, 2.75) is 63.6 Å². The lowest BCUT2D eigenvalue weighted by molar-refractivity contribution is -0.535. The zero-order valence-electron chi connectivity index (χ0n) is 15.2. The zero-order valence-corrected chi connectivity index (χ0v) is 15.2. The molecule has 1 aliphatic heterocycles. The Kier molecular flexibility index (Phi) is 6.17. The molecule has 1 aliphatic rings. The summed E-state index contributed by atoms with van der Waals surface area (Å²) < 4.78 is 19.2. The first-order valence-corrected chi connectivity index (χ1v) is 8.57. The molecule has 7 nitrogen and oxygen atoms in total. The monoisotopic (exact) mass is 368 g/mol. The van der Waals surface area contributed by atoms with Gasteiger partial charge in [-0.1, -0.05) is 30.3 Å². The molecule has 0 bridgehead atoms. The van der Waals surface area contributed by atoms with Gasteiger partial charge in [-0.25, -0.2) is 9.18 Å². The maximum atomic E-state index is 13.9. The smallest absolute Gasteiger partial charge is 0.410 e. The van der Waals surface area contributed by atoms with Gasteiger partial charge in [-0.05, 0) is 26.3 Å². The molecule has 144 valence electrons. The van der Waals surface area contributed by atoms with E-state index in [1.165, 1.54) is 0 Å². The third kappa shape index (κ3) is 5.14. The van der Waals surface area contributed by atoms with E-state index in [-0.39, 0.29) is 19.4 Å². The van der Waals surface area contributed by atoms with Crippen molar-refractivity contribution in [1.82, 2.24) is 4.90 Å². The second kappa shape index (κ2) is 7.99. The quantitative estimate of drug-likeness (QED) is 0.637. The lowest BCUT2D eigenvalue weighted by Gasteiger charge is -2.31. The fraction of sp³-hybridized carbons (Fsp3) is 0.611. The summed E-state index contributed by atoms with van der Waals surface area (Å²) in [5.74, 6) is 0. The SMILES string of the molecule is CC(C)(C)OC(=O)N1C[C@@H](F)C[C@@H]1[C@@H](O)[C@H](Cc1ccccc1)[N+](=O)[O-]. The van der Waals surface area contributed by atoms with Crippen LogP contribution in [0.25, 0.3) is 0 Å². The van der Waals surface area contributed by atoms with Gasteiger partial charge in [0.1, 0.15) is 17.9 Å². The summed E-state index contributed by atoms with van der Waals surface area (Å²) in [6, 6.07) is 6.38. The van der Waals surface area contributed by atoms with Crippen LogP contribution in [-0.4, -0.2) is 57.5 Å². The molecule has 0 aliphatic carbocycles. The molecule has 1 aromatic rings. The number of ether oxygens (including phenoxy) is 1. The largest absolute Gasteiger partial charge is 0.444 e. The van der Waals surface area contributed by atoms with E-state index in [2.05, 4.69) is 0 Å². The van der Waals surface area contributed by atoms with Gasteiger partial charge >= 0.3 is 6.09 Å². The Labute approximate surface area is 151 Å². The first-order chi connectivity index (χ1) is 12.1. The van der Waals surface area contributed by atoms with Crippen LogP contribution in [0.1, 0.15) is 32.8 Å². The van der Waals surface area contributed by atoms with Crippen molar-refractivity contribution in [3.8, 4) is 0 Å². The molecule has 0 aromatic heterocycles. The van der Waals surface area contributed by atoms with Gasteiger partial charge in [0.05, 0.1) is 12.6 Å². The summed E-state index contributed by atoms with van der Waals surface area (Å²) in [7, 11) is 0. The number of hydrogen-bond donors (Lipinski definition) is 1. The number of alkyl halides is 1. The molecular formula is C18H25FN2O5. The minimum atomic E-state index is -1.50. The van der Waals surface area contributed by atoms with Crippen molar-refractivity contribution < 1.29 is 24.0 Å². The van der Waals surface area contributed by atoms with Crippen LogP contribution in [0.4, 0.5) is 9.18 Å². The predicted octanol–water partition coefficient (Wildman–Crippen LogP) is 2.58. The van der Waals surface area contributed by atoms with E-state index in [0.717, 1.165) is 4.90 Å². The molecule has 26 heavy (non-hydrogen) atoms. The molecule has 0 radical (unpaired) electrons. The van der Waals surface area contributed by atoms with Crippen molar-refractivity contribution >= 4 is 6.09 Å². The van der Waals surface area contributed by atoms with E-state index in [4.69, 9.17) is 4.74 Å². The number of halogens is 1. The van der Waals surface area contributed by atoms with Crippen molar-refractivity contribution in [1.29, 1.82) is 0 Å². The molecule has 1 aromatic carbocycles. The Balaban J connectivity index is 2.18. The van der Waals surface area contributed by atoms with Crippen molar-refractivity contribution in [3.63, 3.8) is 0 Å². The molecule has 0 saturated carbocycles. The predicted molar refractivity (Wildman–Crippen MR) is 93.2 cm³/mol. The second-order valence-electron chi connectivity index (χ2n) is 7.57. The van der Waals surface area contributed by atoms with Gasteiger partial charge in [0, 0.05) is 17.8 Å². The Hall–Kier alpha value is -2.22. The van der Waals surface area contributed by atoms with Crippen LogP contribution in [0.3, 0.4) is 0 Å². The number of aliphatic hydroxyl groups is 1. The molecular weight excluding hydrogens is 343 g/mol. The molecule has 4 atom stereocenters. The first-order valence-electron chi connectivity index (χ1n) is 8.57. The molecule has 1 amide bonds. The highest BCUT2D eigenvalue weighted by Crippen LogP contribution is 2.28. The van der Waals surface area contributed by atoms with Crippen molar-refractivity contribution in [2.75, 3.05) is 6.54 Å². The summed E-state index contributed by atoms with van der Waals surface area (Å²) in [4.78, 5) is 24.3. The Bertz CT molecular complexity index is 634. The molecule has 0 spiro atoms. The van der Waals surface area contributed by atoms with E-state index >= 15 is 0 Å². The van der Waals surface area contributed by atoms with E-state index in [9.17, 15) is 24.4 Å². The van der Waals surface area contributed by atoms with E-state index < -0.39 is 41.0 Å². The highest BCUT2D eigenvalue weighted by molar-refractivity contribution is 5.69. The van der Waals surface area contributed by atoms with Crippen LogP contribution >= 0.6 is 0 Å². The maximum absolute atomic E-state index is 13.9. The van der Waals surface area contributed by atoms with Crippen LogP contribution in [0.5, 0.6) is 0 Å². The second-order valence-corrected chi connectivity index (χ2v) is 7.57.